The van der Waals surface area contributed by atoms with Crippen molar-refractivity contribution >= 4 is 15.9 Å². The summed E-state index contributed by atoms with van der Waals surface area (Å²) in [5.41, 5.74) is 3.24. The molecule has 7 nitrogen and oxygen atoms in total. The van der Waals surface area contributed by atoms with Crippen molar-refractivity contribution in [1.82, 2.24) is 9.62 Å². The van der Waals surface area contributed by atoms with Crippen molar-refractivity contribution in [2.45, 2.75) is 50.0 Å². The number of hydrogen-bond acceptors (Lipinski definition) is 5. The van der Waals surface area contributed by atoms with E-state index in [1.165, 1.54) is 9.87 Å². The smallest absolute Gasteiger partial charge is 0.243 e. The highest BCUT2D eigenvalue weighted by Crippen LogP contribution is 2.31. The SMILES string of the molecule is COc1ccc(OC)c(C(C)NC(=O)C2CCN(S(=O)(=O)c3ccc4c(c3)CCC4)CC2)c1. The zero-order valence-electron chi connectivity index (χ0n) is 19.5. The molecule has 1 fully saturated rings. The topological polar surface area (TPSA) is 84.9 Å². The Bertz CT molecular complexity index is 1120. The predicted molar refractivity (Wildman–Crippen MR) is 126 cm³/mol. The Balaban J connectivity index is 1.38. The molecule has 1 aliphatic heterocycles. The van der Waals surface area contributed by atoms with E-state index in [0.29, 0.717) is 42.3 Å². The number of fused-ring (bicyclic) bond motifs is 1. The lowest BCUT2D eigenvalue weighted by Crippen LogP contribution is -2.43. The zero-order chi connectivity index (χ0) is 23.6. The summed E-state index contributed by atoms with van der Waals surface area (Å²) < 4.78 is 38.6. The van der Waals surface area contributed by atoms with Crippen LogP contribution in [0.2, 0.25) is 0 Å². The predicted octanol–water partition coefficient (Wildman–Crippen LogP) is 3.47. The second kappa shape index (κ2) is 9.73. The summed E-state index contributed by atoms with van der Waals surface area (Å²) in [6.45, 7) is 2.59. The van der Waals surface area contributed by atoms with Gasteiger partial charge in [-0.05, 0) is 80.5 Å². The summed E-state index contributed by atoms with van der Waals surface area (Å²) in [7, 11) is -0.353. The summed E-state index contributed by atoms with van der Waals surface area (Å²) in [5, 5.41) is 3.06. The van der Waals surface area contributed by atoms with Gasteiger partial charge >= 0.3 is 0 Å². The highest BCUT2D eigenvalue weighted by molar-refractivity contribution is 7.89. The van der Waals surface area contributed by atoms with Crippen molar-refractivity contribution < 1.29 is 22.7 Å². The van der Waals surface area contributed by atoms with Crippen LogP contribution in [-0.2, 0) is 27.7 Å². The summed E-state index contributed by atoms with van der Waals surface area (Å²) in [4.78, 5) is 13.3. The lowest BCUT2D eigenvalue weighted by Gasteiger charge is -2.31. The van der Waals surface area contributed by atoms with Gasteiger partial charge in [-0.25, -0.2) is 8.42 Å². The Kier molecular flexibility index (Phi) is 6.95. The molecule has 8 heteroatoms. The molecule has 2 aromatic carbocycles. The number of sulfonamides is 1. The first-order valence-corrected chi connectivity index (χ1v) is 12.9. The van der Waals surface area contributed by atoms with Gasteiger partial charge in [-0.3, -0.25) is 4.79 Å². The average molecular weight is 473 g/mol. The van der Waals surface area contributed by atoms with Crippen molar-refractivity contribution in [1.29, 1.82) is 0 Å². The Hall–Kier alpha value is -2.58. The van der Waals surface area contributed by atoms with E-state index >= 15 is 0 Å². The fourth-order valence-electron chi connectivity index (χ4n) is 4.80. The Labute approximate surface area is 196 Å². The molecule has 178 valence electrons. The highest BCUT2D eigenvalue weighted by Gasteiger charge is 2.33. The molecule has 1 aliphatic carbocycles. The molecule has 4 rings (SSSR count). The summed E-state index contributed by atoms with van der Waals surface area (Å²) >= 11 is 0. The van der Waals surface area contributed by atoms with Crippen LogP contribution in [0, 0.1) is 5.92 Å². The minimum absolute atomic E-state index is 0.0676. The number of ether oxygens (including phenoxy) is 2. The molecule has 0 spiro atoms. The molecule has 0 radical (unpaired) electrons. The first-order chi connectivity index (χ1) is 15.8. The standard InChI is InChI=1S/C25H32N2O5S/c1-17(23-16-21(31-2)8-10-24(23)32-3)26-25(28)19-11-13-27(14-12-19)33(29,30)22-9-7-18-5-4-6-20(18)15-22/h7-10,15-17,19H,4-6,11-14H2,1-3H3,(H,26,28). The minimum atomic E-state index is -3.54. The maximum Gasteiger partial charge on any atom is 0.243 e. The zero-order valence-corrected chi connectivity index (χ0v) is 20.3. The van der Waals surface area contributed by atoms with Gasteiger partial charge in [0.1, 0.15) is 11.5 Å². The molecule has 1 heterocycles. The van der Waals surface area contributed by atoms with Gasteiger partial charge in [-0.15, -0.1) is 0 Å². The van der Waals surface area contributed by atoms with Crippen LogP contribution in [0.4, 0.5) is 0 Å². The number of amides is 1. The number of aryl methyl sites for hydroxylation is 2. The normalized spacial score (nSPS) is 17.9. The van der Waals surface area contributed by atoms with Crippen LogP contribution in [0.25, 0.3) is 0 Å². The molecule has 0 aromatic heterocycles. The van der Waals surface area contributed by atoms with Crippen molar-refractivity contribution in [2.75, 3.05) is 27.3 Å². The molecule has 2 aromatic rings. The molecule has 1 atom stereocenters. The lowest BCUT2D eigenvalue weighted by molar-refractivity contribution is -0.126. The second-order valence-corrected chi connectivity index (χ2v) is 10.7. The number of carbonyl (C=O) groups is 1. The number of benzene rings is 2. The number of nitrogens with zero attached hydrogens (tertiary/aromatic N) is 1. The number of carbonyl (C=O) groups excluding carboxylic acids is 1. The quantitative estimate of drug-likeness (QED) is 0.667. The van der Waals surface area contributed by atoms with Crippen LogP contribution in [0.15, 0.2) is 41.3 Å². The third-order valence-corrected chi connectivity index (χ3v) is 8.69. The molecule has 1 amide bonds. The van der Waals surface area contributed by atoms with Gasteiger partial charge in [0.05, 0.1) is 25.2 Å². The summed E-state index contributed by atoms with van der Waals surface area (Å²) in [6.07, 6.45) is 4.04. The highest BCUT2D eigenvalue weighted by atomic mass is 32.2. The van der Waals surface area contributed by atoms with Gasteiger partial charge in [-0.1, -0.05) is 6.07 Å². The molecule has 0 saturated carbocycles. The Morgan fingerprint density at radius 1 is 1.03 bits per heavy atom. The monoisotopic (exact) mass is 472 g/mol. The van der Waals surface area contributed by atoms with Crippen molar-refractivity contribution in [3.05, 3.63) is 53.1 Å². The van der Waals surface area contributed by atoms with E-state index in [9.17, 15) is 13.2 Å². The van der Waals surface area contributed by atoms with Crippen molar-refractivity contribution in [2.24, 2.45) is 5.92 Å². The van der Waals surface area contributed by atoms with Gasteiger partial charge in [0, 0.05) is 24.6 Å². The molecule has 33 heavy (non-hydrogen) atoms. The molecule has 1 N–H and O–H groups in total. The first kappa shape index (κ1) is 23.6. The molecular formula is C25H32N2O5S. The molecule has 2 aliphatic rings. The average Bonchev–Trinajstić information content (AvgIpc) is 3.31. The third kappa shape index (κ3) is 4.87. The molecule has 1 unspecified atom stereocenters. The van der Waals surface area contributed by atoms with E-state index in [1.807, 2.05) is 37.3 Å². The largest absolute Gasteiger partial charge is 0.497 e. The fraction of sp³-hybridized carbons (Fsp3) is 0.480. The van der Waals surface area contributed by atoms with Crippen LogP contribution >= 0.6 is 0 Å². The molecule has 1 saturated heterocycles. The number of hydrogen-bond donors (Lipinski definition) is 1. The van der Waals surface area contributed by atoms with E-state index in [2.05, 4.69) is 5.32 Å². The minimum Gasteiger partial charge on any atom is -0.497 e. The summed E-state index contributed by atoms with van der Waals surface area (Å²) in [5.74, 6) is 1.08. The first-order valence-electron chi connectivity index (χ1n) is 11.5. The number of piperidine rings is 1. The van der Waals surface area contributed by atoms with Gasteiger partial charge in [0.2, 0.25) is 15.9 Å². The number of methoxy groups -OCH3 is 2. The van der Waals surface area contributed by atoms with Crippen molar-refractivity contribution in [3.63, 3.8) is 0 Å². The maximum atomic E-state index is 13.2. The van der Waals surface area contributed by atoms with Gasteiger partial charge < -0.3 is 14.8 Å². The number of nitrogens with one attached hydrogen (secondary N) is 1. The van der Waals surface area contributed by atoms with Crippen LogP contribution in [0.1, 0.15) is 48.9 Å². The van der Waals surface area contributed by atoms with Crippen LogP contribution in [-0.4, -0.2) is 45.9 Å². The molecular weight excluding hydrogens is 440 g/mol. The van der Waals surface area contributed by atoms with E-state index in [-0.39, 0.29) is 17.9 Å². The van der Waals surface area contributed by atoms with Crippen LogP contribution in [0.5, 0.6) is 11.5 Å². The van der Waals surface area contributed by atoms with E-state index in [4.69, 9.17) is 9.47 Å². The molecule has 0 bridgehead atoms. The van der Waals surface area contributed by atoms with Gasteiger partial charge in [0.15, 0.2) is 0 Å². The Morgan fingerprint density at radius 3 is 2.45 bits per heavy atom. The maximum absolute atomic E-state index is 13.2. The van der Waals surface area contributed by atoms with Crippen molar-refractivity contribution in [3.8, 4) is 11.5 Å². The fourth-order valence-corrected chi connectivity index (χ4v) is 6.32. The second-order valence-electron chi connectivity index (χ2n) is 8.80. The Morgan fingerprint density at radius 2 is 1.76 bits per heavy atom. The van der Waals surface area contributed by atoms with Gasteiger partial charge in [-0.2, -0.15) is 4.31 Å². The van der Waals surface area contributed by atoms with E-state index < -0.39 is 10.0 Å². The van der Waals surface area contributed by atoms with E-state index in [0.717, 1.165) is 30.4 Å². The van der Waals surface area contributed by atoms with Gasteiger partial charge in [0.25, 0.3) is 0 Å². The van der Waals surface area contributed by atoms with Crippen LogP contribution < -0.4 is 14.8 Å². The van der Waals surface area contributed by atoms with Crippen LogP contribution in [0.3, 0.4) is 0 Å². The third-order valence-electron chi connectivity index (χ3n) is 6.79. The number of rotatable bonds is 7. The lowest BCUT2D eigenvalue weighted by atomic mass is 9.96. The summed E-state index contributed by atoms with van der Waals surface area (Å²) in [6, 6.07) is 10.7. The van der Waals surface area contributed by atoms with E-state index in [1.54, 1.807) is 20.3 Å².